The largest absolute Gasteiger partial charge is 0.497 e. The number of methoxy groups -OCH3 is 1. The summed E-state index contributed by atoms with van der Waals surface area (Å²) in [6.45, 7) is 7.75. The number of rotatable bonds is 6. The summed E-state index contributed by atoms with van der Waals surface area (Å²) in [5, 5.41) is 6.09. The zero-order valence-corrected chi connectivity index (χ0v) is 12.9. The minimum absolute atomic E-state index is 0.524. The number of nitrogens with one attached hydrogen (secondary N) is 1. The predicted octanol–water partition coefficient (Wildman–Crippen LogP) is 4.34. The lowest BCUT2D eigenvalue weighted by Gasteiger charge is -2.17. The first-order valence-electron chi connectivity index (χ1n) is 7.45. The first-order chi connectivity index (χ1) is 9.63. The van der Waals surface area contributed by atoms with Crippen molar-refractivity contribution in [3.05, 3.63) is 42.0 Å². The molecule has 0 radical (unpaired) electrons. The molecule has 0 spiro atoms. The summed E-state index contributed by atoms with van der Waals surface area (Å²) in [6.07, 6.45) is 1.17. The number of ether oxygens (including phenoxy) is 1. The Morgan fingerprint density at radius 3 is 2.45 bits per heavy atom. The molecule has 20 heavy (non-hydrogen) atoms. The zero-order chi connectivity index (χ0) is 14.5. The summed E-state index contributed by atoms with van der Waals surface area (Å²) >= 11 is 0. The first-order valence-corrected chi connectivity index (χ1v) is 7.45. The van der Waals surface area contributed by atoms with Gasteiger partial charge in [0.2, 0.25) is 0 Å². The maximum atomic E-state index is 5.27. The molecule has 0 aliphatic heterocycles. The van der Waals surface area contributed by atoms with Crippen LogP contribution in [0.3, 0.4) is 0 Å². The van der Waals surface area contributed by atoms with E-state index < -0.39 is 0 Å². The highest BCUT2D eigenvalue weighted by molar-refractivity contribution is 5.84. The number of fused-ring (bicyclic) bond motifs is 1. The van der Waals surface area contributed by atoms with Gasteiger partial charge in [-0.25, -0.2) is 0 Å². The molecule has 1 N–H and O–H groups in total. The molecule has 0 aromatic heterocycles. The van der Waals surface area contributed by atoms with Gasteiger partial charge in [0.05, 0.1) is 7.11 Å². The molecule has 2 rings (SSSR count). The fraction of sp³-hybridized carbons (Fsp3) is 0.444. The molecule has 2 atom stereocenters. The Kier molecular flexibility index (Phi) is 5.02. The molecule has 0 saturated heterocycles. The van der Waals surface area contributed by atoms with Crippen LogP contribution >= 0.6 is 0 Å². The van der Waals surface area contributed by atoms with E-state index in [9.17, 15) is 0 Å². The standard InChI is InChI=1S/C18H25NO/c1-5-14(3)19-12-13(2)15-6-7-17-11-18(20-4)9-8-16(17)10-15/h6-11,13-14,19H,5,12H2,1-4H3. The van der Waals surface area contributed by atoms with E-state index in [1.807, 2.05) is 6.07 Å². The van der Waals surface area contributed by atoms with Crippen molar-refractivity contribution in [2.75, 3.05) is 13.7 Å². The molecule has 108 valence electrons. The lowest BCUT2D eigenvalue weighted by atomic mass is 9.97. The predicted molar refractivity (Wildman–Crippen MR) is 86.7 cm³/mol. The Balaban J connectivity index is 2.14. The van der Waals surface area contributed by atoms with Crippen LogP contribution in [0, 0.1) is 0 Å². The van der Waals surface area contributed by atoms with Gasteiger partial charge in [0.15, 0.2) is 0 Å². The third kappa shape index (κ3) is 3.51. The summed E-state index contributed by atoms with van der Waals surface area (Å²) in [4.78, 5) is 0. The fourth-order valence-corrected chi connectivity index (χ4v) is 2.32. The Labute approximate surface area is 122 Å². The molecule has 0 aliphatic rings. The highest BCUT2D eigenvalue weighted by atomic mass is 16.5. The van der Waals surface area contributed by atoms with E-state index >= 15 is 0 Å². The van der Waals surface area contributed by atoms with Gasteiger partial charge in [0.1, 0.15) is 5.75 Å². The van der Waals surface area contributed by atoms with Crippen molar-refractivity contribution in [1.82, 2.24) is 5.32 Å². The van der Waals surface area contributed by atoms with Gasteiger partial charge in [-0.3, -0.25) is 0 Å². The monoisotopic (exact) mass is 271 g/mol. The highest BCUT2D eigenvalue weighted by Crippen LogP contribution is 2.24. The van der Waals surface area contributed by atoms with Gasteiger partial charge in [0, 0.05) is 12.6 Å². The van der Waals surface area contributed by atoms with Crippen LogP contribution < -0.4 is 10.1 Å². The molecule has 0 bridgehead atoms. The van der Waals surface area contributed by atoms with Gasteiger partial charge in [-0.15, -0.1) is 0 Å². The molecule has 2 unspecified atom stereocenters. The van der Waals surface area contributed by atoms with E-state index in [-0.39, 0.29) is 0 Å². The average Bonchev–Trinajstić information content (AvgIpc) is 2.50. The second-order valence-electron chi connectivity index (χ2n) is 5.59. The Morgan fingerprint density at radius 1 is 1.05 bits per heavy atom. The van der Waals surface area contributed by atoms with E-state index in [0.29, 0.717) is 12.0 Å². The molecular formula is C18H25NO. The van der Waals surface area contributed by atoms with E-state index in [2.05, 4.69) is 56.4 Å². The maximum absolute atomic E-state index is 5.27. The lowest BCUT2D eigenvalue weighted by molar-refractivity contribution is 0.415. The van der Waals surface area contributed by atoms with Gasteiger partial charge in [-0.2, -0.15) is 0 Å². The van der Waals surface area contributed by atoms with Crippen molar-refractivity contribution in [3.8, 4) is 5.75 Å². The van der Waals surface area contributed by atoms with Crippen molar-refractivity contribution in [2.24, 2.45) is 0 Å². The molecule has 2 heteroatoms. The Morgan fingerprint density at radius 2 is 1.75 bits per heavy atom. The Hall–Kier alpha value is -1.54. The van der Waals surface area contributed by atoms with Gasteiger partial charge in [-0.05, 0) is 47.7 Å². The summed E-state index contributed by atoms with van der Waals surface area (Å²) in [5.41, 5.74) is 1.39. The van der Waals surface area contributed by atoms with Gasteiger partial charge >= 0.3 is 0 Å². The van der Waals surface area contributed by atoms with Crippen LogP contribution in [0.15, 0.2) is 36.4 Å². The minimum atomic E-state index is 0.524. The van der Waals surface area contributed by atoms with E-state index in [1.165, 1.54) is 22.8 Å². The quantitative estimate of drug-likeness (QED) is 0.844. The van der Waals surface area contributed by atoms with Crippen molar-refractivity contribution in [1.29, 1.82) is 0 Å². The first kappa shape index (κ1) is 14.9. The summed E-state index contributed by atoms with van der Waals surface area (Å²) in [5.74, 6) is 1.44. The molecule has 0 amide bonds. The van der Waals surface area contributed by atoms with Gasteiger partial charge < -0.3 is 10.1 Å². The van der Waals surface area contributed by atoms with Crippen LogP contribution in [0.1, 0.15) is 38.7 Å². The molecular weight excluding hydrogens is 246 g/mol. The molecule has 2 aromatic rings. The van der Waals surface area contributed by atoms with Crippen molar-refractivity contribution < 1.29 is 4.74 Å². The minimum Gasteiger partial charge on any atom is -0.497 e. The van der Waals surface area contributed by atoms with E-state index in [4.69, 9.17) is 4.74 Å². The Bertz CT molecular complexity index is 564. The van der Waals surface area contributed by atoms with Gasteiger partial charge in [0.25, 0.3) is 0 Å². The van der Waals surface area contributed by atoms with Crippen LogP contribution in [0.2, 0.25) is 0 Å². The second kappa shape index (κ2) is 6.76. The normalized spacial score (nSPS) is 14.2. The van der Waals surface area contributed by atoms with Crippen LogP contribution in [-0.2, 0) is 0 Å². The average molecular weight is 271 g/mol. The van der Waals surface area contributed by atoms with Gasteiger partial charge in [-0.1, -0.05) is 38.1 Å². The maximum Gasteiger partial charge on any atom is 0.119 e. The van der Waals surface area contributed by atoms with Crippen LogP contribution in [0.5, 0.6) is 5.75 Å². The number of hydrogen-bond donors (Lipinski definition) is 1. The molecule has 2 nitrogen and oxygen atoms in total. The molecule has 0 fully saturated rings. The smallest absolute Gasteiger partial charge is 0.119 e. The van der Waals surface area contributed by atoms with Crippen molar-refractivity contribution in [3.63, 3.8) is 0 Å². The lowest BCUT2D eigenvalue weighted by Crippen LogP contribution is -2.28. The summed E-state index contributed by atoms with van der Waals surface area (Å²) in [6, 6.07) is 13.5. The van der Waals surface area contributed by atoms with Crippen molar-refractivity contribution >= 4 is 10.8 Å². The van der Waals surface area contributed by atoms with E-state index in [1.54, 1.807) is 7.11 Å². The molecule has 0 saturated carbocycles. The summed E-state index contributed by atoms with van der Waals surface area (Å²) < 4.78 is 5.27. The third-order valence-electron chi connectivity index (χ3n) is 4.03. The third-order valence-corrected chi connectivity index (χ3v) is 4.03. The highest BCUT2D eigenvalue weighted by Gasteiger charge is 2.08. The van der Waals surface area contributed by atoms with Crippen LogP contribution in [0.25, 0.3) is 10.8 Å². The molecule has 0 heterocycles. The zero-order valence-electron chi connectivity index (χ0n) is 12.9. The topological polar surface area (TPSA) is 21.3 Å². The van der Waals surface area contributed by atoms with Crippen LogP contribution in [-0.4, -0.2) is 19.7 Å². The van der Waals surface area contributed by atoms with E-state index in [0.717, 1.165) is 12.3 Å². The number of hydrogen-bond acceptors (Lipinski definition) is 2. The fourth-order valence-electron chi connectivity index (χ4n) is 2.32. The van der Waals surface area contributed by atoms with Crippen molar-refractivity contribution in [2.45, 2.75) is 39.2 Å². The number of benzene rings is 2. The molecule has 0 aliphatic carbocycles. The molecule has 2 aromatic carbocycles. The summed E-state index contributed by atoms with van der Waals surface area (Å²) in [7, 11) is 1.71. The second-order valence-corrected chi connectivity index (χ2v) is 5.59. The SMILES string of the molecule is CCC(C)NCC(C)c1ccc2cc(OC)ccc2c1. The van der Waals surface area contributed by atoms with Crippen LogP contribution in [0.4, 0.5) is 0 Å².